The lowest BCUT2D eigenvalue weighted by atomic mass is 9.42. The van der Waals surface area contributed by atoms with E-state index in [1.807, 2.05) is 48.7 Å². The van der Waals surface area contributed by atoms with Crippen LogP contribution in [0.15, 0.2) is 47.3 Å². The molecule has 0 heterocycles. The van der Waals surface area contributed by atoms with Gasteiger partial charge in [0.15, 0.2) is 0 Å². The van der Waals surface area contributed by atoms with Crippen molar-refractivity contribution < 1.29 is 15.0 Å². The van der Waals surface area contributed by atoms with Crippen LogP contribution in [0.1, 0.15) is 70.2 Å². The van der Waals surface area contributed by atoms with Crippen LogP contribution in [0.4, 0.5) is 5.69 Å². The summed E-state index contributed by atoms with van der Waals surface area (Å²) in [6, 6.07) is 2.16. The van der Waals surface area contributed by atoms with Gasteiger partial charge < -0.3 is 20.8 Å². The molecule has 4 atom stereocenters. The Hall–Kier alpha value is -3.23. The summed E-state index contributed by atoms with van der Waals surface area (Å²) < 4.78 is 0. The van der Waals surface area contributed by atoms with E-state index >= 15 is 0 Å². The highest BCUT2D eigenvalue weighted by atomic mass is 16.3. The van der Waals surface area contributed by atoms with Crippen molar-refractivity contribution in [1.82, 2.24) is 0 Å². The van der Waals surface area contributed by atoms with Crippen LogP contribution >= 0.6 is 0 Å². The zero-order chi connectivity index (χ0) is 28.7. The molecule has 0 aliphatic heterocycles. The molecule has 3 aliphatic rings. The number of hydrogen-bond acceptors (Lipinski definition) is 4. The van der Waals surface area contributed by atoms with E-state index in [2.05, 4.69) is 49.8 Å². The largest absolute Gasteiger partial charge is 0.511 e. The number of anilines is 1. The Morgan fingerprint density at radius 3 is 2.34 bits per heavy atom. The first-order valence-electron chi connectivity index (χ1n) is 13.3. The molecule has 5 heteroatoms. The van der Waals surface area contributed by atoms with Crippen molar-refractivity contribution in [1.29, 1.82) is 0 Å². The number of carbonyl (C=O) groups is 1. The molecular formula is C33H42N2O3. The standard InChI is InChI=1S/C33H42N2O3/c1-12-13-22-14-24(35(10)11)23-15-31(8)16-32(9)27(17(2)3)29(36)26(30(34)37)20(6)33(32,38)21(7)28(31)19(5)25(23)18(22)4/h14,17,27,36,38H,5-6,15-16H2,1-4,7-11H3,(H2,34,37)/t27-,31+,32+,33-/m1/s1. The van der Waals surface area contributed by atoms with E-state index in [1.165, 1.54) is 5.56 Å². The van der Waals surface area contributed by atoms with E-state index in [1.54, 1.807) is 0 Å². The summed E-state index contributed by atoms with van der Waals surface area (Å²) in [5.74, 6) is 4.92. The highest BCUT2D eigenvalue weighted by molar-refractivity contribution is 5.99. The Labute approximate surface area is 227 Å². The normalized spacial score (nSPS) is 30.4. The number of hydrogen-bond donors (Lipinski definition) is 3. The number of aliphatic hydroxyl groups is 2. The van der Waals surface area contributed by atoms with Gasteiger partial charge in [0.05, 0.1) is 5.57 Å². The number of nitrogens with zero attached hydrogens (tertiary/aromatic N) is 1. The number of amides is 1. The van der Waals surface area contributed by atoms with E-state index in [0.717, 1.165) is 45.5 Å². The monoisotopic (exact) mass is 514 g/mol. The van der Waals surface area contributed by atoms with Gasteiger partial charge in [-0.25, -0.2) is 0 Å². The molecule has 1 aromatic rings. The average molecular weight is 515 g/mol. The summed E-state index contributed by atoms with van der Waals surface area (Å²) >= 11 is 0. The predicted molar refractivity (Wildman–Crippen MR) is 156 cm³/mol. The SMILES string of the molecule is C=C1C2=C(C)[C@]3(O)C(=C)C(C(N)=O)=C(O)[C@@H](C(C)C)[C@]3(C)C[C@]2(C)Cc2c(N(C)C)cc(C#CC)c(C)c21. The molecule has 1 aromatic carbocycles. The van der Waals surface area contributed by atoms with E-state index < -0.39 is 22.8 Å². The first-order valence-corrected chi connectivity index (χ1v) is 13.3. The van der Waals surface area contributed by atoms with Gasteiger partial charge in [-0.3, -0.25) is 4.79 Å². The van der Waals surface area contributed by atoms with Gasteiger partial charge in [0.1, 0.15) is 11.4 Å². The first-order chi connectivity index (χ1) is 17.5. The van der Waals surface area contributed by atoms with Gasteiger partial charge in [-0.2, -0.15) is 0 Å². The molecule has 5 nitrogen and oxygen atoms in total. The van der Waals surface area contributed by atoms with E-state index in [4.69, 9.17) is 5.73 Å². The van der Waals surface area contributed by atoms with E-state index in [-0.39, 0.29) is 28.2 Å². The Morgan fingerprint density at radius 1 is 1.24 bits per heavy atom. The van der Waals surface area contributed by atoms with Crippen LogP contribution in [0.25, 0.3) is 5.57 Å². The minimum Gasteiger partial charge on any atom is -0.511 e. The second kappa shape index (κ2) is 8.64. The fraction of sp³-hybridized carbons (Fsp3) is 0.485. The Kier molecular flexibility index (Phi) is 6.32. The van der Waals surface area contributed by atoms with Crippen molar-refractivity contribution >= 4 is 17.2 Å². The maximum absolute atomic E-state index is 12.7. The van der Waals surface area contributed by atoms with Crippen LogP contribution in [0.2, 0.25) is 0 Å². The summed E-state index contributed by atoms with van der Waals surface area (Å²) in [5.41, 5.74) is 11.1. The molecule has 38 heavy (non-hydrogen) atoms. The fourth-order valence-electron chi connectivity index (χ4n) is 8.44. The lowest BCUT2D eigenvalue weighted by molar-refractivity contribution is -0.120. The van der Waals surface area contributed by atoms with Crippen LogP contribution < -0.4 is 10.6 Å². The van der Waals surface area contributed by atoms with Crippen LogP contribution in [-0.2, 0) is 11.2 Å². The topological polar surface area (TPSA) is 86.8 Å². The molecule has 4 N–H and O–H groups in total. The third-order valence-electron chi connectivity index (χ3n) is 9.58. The highest BCUT2D eigenvalue weighted by Gasteiger charge is 2.66. The molecule has 0 radical (unpaired) electrons. The fourth-order valence-corrected chi connectivity index (χ4v) is 8.44. The zero-order valence-corrected chi connectivity index (χ0v) is 24.4. The molecule has 0 fully saturated rings. The molecule has 1 amide bonds. The Morgan fingerprint density at radius 2 is 1.84 bits per heavy atom. The summed E-state index contributed by atoms with van der Waals surface area (Å²) in [5, 5.41) is 24.2. The first kappa shape index (κ1) is 27.8. The third kappa shape index (κ3) is 3.32. The highest BCUT2D eigenvalue weighted by Crippen LogP contribution is 2.68. The van der Waals surface area contributed by atoms with Crippen LogP contribution in [0.3, 0.4) is 0 Å². The maximum Gasteiger partial charge on any atom is 0.252 e. The number of aliphatic hydroxyl groups excluding tert-OH is 1. The van der Waals surface area contributed by atoms with Gasteiger partial charge in [0.25, 0.3) is 5.91 Å². The van der Waals surface area contributed by atoms with Gasteiger partial charge in [-0.1, -0.05) is 46.8 Å². The predicted octanol–water partition coefficient (Wildman–Crippen LogP) is 5.61. The number of rotatable bonds is 3. The summed E-state index contributed by atoms with van der Waals surface area (Å²) in [6.07, 6.45) is 1.32. The van der Waals surface area contributed by atoms with Crippen molar-refractivity contribution in [2.75, 3.05) is 19.0 Å². The second-order valence-corrected chi connectivity index (χ2v) is 12.5. The summed E-state index contributed by atoms with van der Waals surface area (Å²) in [6.45, 7) is 22.9. The number of allylic oxidation sites excluding steroid dienone is 3. The number of fused-ring (bicyclic) bond motifs is 3. The molecule has 3 aliphatic carbocycles. The Balaban J connectivity index is 2.11. The smallest absolute Gasteiger partial charge is 0.252 e. The quantitative estimate of drug-likeness (QED) is 0.458. The number of carbonyl (C=O) groups excluding carboxylic acids is 1. The average Bonchev–Trinajstić information content (AvgIpc) is 2.77. The van der Waals surface area contributed by atoms with Gasteiger partial charge in [0, 0.05) is 36.7 Å². The molecule has 0 aromatic heterocycles. The van der Waals surface area contributed by atoms with Crippen molar-refractivity contribution in [3.05, 3.63) is 69.5 Å². The Bertz CT molecular complexity index is 1430. The molecule has 0 unspecified atom stereocenters. The lowest BCUT2D eigenvalue weighted by Gasteiger charge is -2.63. The molecule has 0 saturated heterocycles. The minimum atomic E-state index is -1.58. The molecular weight excluding hydrogens is 472 g/mol. The van der Waals surface area contributed by atoms with Crippen molar-refractivity contribution in [2.45, 2.75) is 66.9 Å². The molecule has 4 rings (SSSR count). The number of primary amides is 1. The minimum absolute atomic E-state index is 0.0549. The van der Waals surface area contributed by atoms with Crippen molar-refractivity contribution in [3.8, 4) is 11.8 Å². The lowest BCUT2D eigenvalue weighted by Crippen LogP contribution is -2.63. The van der Waals surface area contributed by atoms with Gasteiger partial charge in [0.2, 0.25) is 0 Å². The number of benzene rings is 1. The number of nitrogens with two attached hydrogens (primary N) is 1. The second-order valence-electron chi connectivity index (χ2n) is 12.5. The van der Waals surface area contributed by atoms with Gasteiger partial charge in [-0.15, -0.1) is 5.92 Å². The van der Waals surface area contributed by atoms with Crippen LogP contribution in [-0.4, -0.2) is 35.8 Å². The summed E-state index contributed by atoms with van der Waals surface area (Å²) in [4.78, 5) is 14.7. The molecule has 0 bridgehead atoms. The third-order valence-corrected chi connectivity index (χ3v) is 9.58. The van der Waals surface area contributed by atoms with E-state index in [9.17, 15) is 15.0 Å². The molecule has 0 saturated carbocycles. The molecule has 0 spiro atoms. The van der Waals surface area contributed by atoms with Gasteiger partial charge >= 0.3 is 0 Å². The van der Waals surface area contributed by atoms with E-state index in [0.29, 0.717) is 6.42 Å². The van der Waals surface area contributed by atoms with Crippen LogP contribution in [0.5, 0.6) is 0 Å². The summed E-state index contributed by atoms with van der Waals surface area (Å²) in [7, 11) is 4.09. The van der Waals surface area contributed by atoms with Crippen molar-refractivity contribution in [2.24, 2.45) is 28.4 Å². The van der Waals surface area contributed by atoms with Crippen molar-refractivity contribution in [3.63, 3.8) is 0 Å². The zero-order valence-electron chi connectivity index (χ0n) is 24.4. The van der Waals surface area contributed by atoms with Gasteiger partial charge in [-0.05, 0) is 90.0 Å². The van der Waals surface area contributed by atoms with Crippen LogP contribution in [0, 0.1) is 41.4 Å². The molecule has 202 valence electrons. The maximum atomic E-state index is 12.7.